The fourth-order valence-electron chi connectivity index (χ4n) is 2.61. The zero-order valence-corrected chi connectivity index (χ0v) is 17.7. The lowest BCUT2D eigenvalue weighted by molar-refractivity contribution is 0.0952. The number of amides is 1. The van der Waals surface area contributed by atoms with Gasteiger partial charge in [-0.25, -0.2) is 14.4 Å². The van der Waals surface area contributed by atoms with Crippen LogP contribution in [0.5, 0.6) is 0 Å². The Morgan fingerprint density at radius 1 is 1.28 bits per heavy atom. The van der Waals surface area contributed by atoms with Gasteiger partial charge in [-0.1, -0.05) is 12.2 Å². The highest BCUT2D eigenvalue weighted by molar-refractivity contribution is 7.21. The molecular formula is C21H21FN4OS2. The Morgan fingerprint density at radius 3 is 2.72 bits per heavy atom. The summed E-state index contributed by atoms with van der Waals surface area (Å²) in [7, 11) is 0. The molecule has 0 radical (unpaired) electrons. The number of carbonyl (C=O) groups excluding carboxylic acids is 1. The molecule has 0 unspecified atom stereocenters. The molecule has 2 heterocycles. The second-order valence-electron chi connectivity index (χ2n) is 6.24. The largest absolute Gasteiger partial charge is 0.405 e. The second kappa shape index (κ2) is 9.58. The molecular weight excluding hydrogens is 407 g/mol. The molecule has 0 aliphatic heterocycles. The van der Waals surface area contributed by atoms with Crippen molar-refractivity contribution in [2.45, 2.75) is 20.3 Å². The van der Waals surface area contributed by atoms with Gasteiger partial charge in [-0.2, -0.15) is 0 Å². The molecule has 0 aliphatic carbocycles. The van der Waals surface area contributed by atoms with Crippen LogP contribution in [0, 0.1) is 12.7 Å². The van der Waals surface area contributed by atoms with Gasteiger partial charge < -0.3 is 11.1 Å². The van der Waals surface area contributed by atoms with Gasteiger partial charge in [0.05, 0.1) is 15.6 Å². The first kappa shape index (κ1) is 20.9. The standard InChI is InChI=1S/C21H21FN4OS2/c1-3-4-5-14(10-23)11-24-20(27)17-12-28-21(26-17)19-18(25-13(2)29-19)15-6-8-16(22)9-7-15/h3-4,6-10,12H,5,11,23H2,1-2H3,(H,24,27)/b4-3-,14-10+. The maximum absolute atomic E-state index is 13.3. The summed E-state index contributed by atoms with van der Waals surface area (Å²) in [4.78, 5) is 22.4. The van der Waals surface area contributed by atoms with Gasteiger partial charge >= 0.3 is 0 Å². The number of thiazole rings is 2. The summed E-state index contributed by atoms with van der Waals surface area (Å²) in [6.07, 6.45) is 6.13. The van der Waals surface area contributed by atoms with E-state index in [1.165, 1.54) is 41.0 Å². The zero-order valence-electron chi connectivity index (χ0n) is 16.1. The molecule has 0 fully saturated rings. The van der Waals surface area contributed by atoms with Crippen molar-refractivity contribution < 1.29 is 9.18 Å². The van der Waals surface area contributed by atoms with E-state index in [1.807, 2.05) is 26.0 Å². The minimum atomic E-state index is -0.296. The van der Waals surface area contributed by atoms with Crippen molar-refractivity contribution in [2.75, 3.05) is 6.54 Å². The van der Waals surface area contributed by atoms with Crippen molar-refractivity contribution in [3.05, 3.63) is 70.1 Å². The normalized spacial score (nSPS) is 11.9. The van der Waals surface area contributed by atoms with Crippen LogP contribution in [0.3, 0.4) is 0 Å². The molecule has 3 aromatic rings. The number of aromatic nitrogens is 2. The molecule has 0 bridgehead atoms. The number of halogens is 1. The van der Waals surface area contributed by atoms with Crippen LogP contribution >= 0.6 is 22.7 Å². The van der Waals surface area contributed by atoms with E-state index < -0.39 is 0 Å². The molecule has 29 heavy (non-hydrogen) atoms. The molecule has 0 saturated carbocycles. The third-order valence-electron chi connectivity index (χ3n) is 4.11. The van der Waals surface area contributed by atoms with Crippen LogP contribution in [0.4, 0.5) is 4.39 Å². The first-order chi connectivity index (χ1) is 14.0. The molecule has 5 nitrogen and oxygen atoms in total. The molecule has 150 valence electrons. The fourth-order valence-corrected chi connectivity index (χ4v) is 4.44. The summed E-state index contributed by atoms with van der Waals surface area (Å²) >= 11 is 2.88. The number of allylic oxidation sites excluding steroid dienone is 2. The molecule has 8 heteroatoms. The van der Waals surface area contributed by atoms with E-state index in [4.69, 9.17) is 5.73 Å². The molecule has 0 atom stereocenters. The van der Waals surface area contributed by atoms with Gasteiger partial charge in [0.25, 0.3) is 5.91 Å². The van der Waals surface area contributed by atoms with E-state index in [0.29, 0.717) is 23.7 Å². The SMILES string of the molecule is C/C=C\C/C(=C\N)CNC(=O)c1csc(-c2sc(C)nc2-c2ccc(F)cc2)n1. The first-order valence-electron chi connectivity index (χ1n) is 9.00. The summed E-state index contributed by atoms with van der Waals surface area (Å²) in [5.74, 6) is -0.548. The number of hydrogen-bond acceptors (Lipinski definition) is 6. The van der Waals surface area contributed by atoms with Crippen LogP contribution in [-0.2, 0) is 0 Å². The van der Waals surface area contributed by atoms with Crippen LogP contribution in [-0.4, -0.2) is 22.4 Å². The number of benzene rings is 1. The van der Waals surface area contributed by atoms with Crippen LogP contribution in [0.2, 0.25) is 0 Å². The maximum Gasteiger partial charge on any atom is 0.271 e. The van der Waals surface area contributed by atoms with Gasteiger partial charge in [0.1, 0.15) is 16.5 Å². The summed E-state index contributed by atoms with van der Waals surface area (Å²) in [6.45, 7) is 4.21. The van der Waals surface area contributed by atoms with Crippen LogP contribution in [0.25, 0.3) is 21.1 Å². The molecule has 1 aromatic carbocycles. The molecule has 3 N–H and O–H groups in total. The van der Waals surface area contributed by atoms with E-state index >= 15 is 0 Å². The predicted octanol–water partition coefficient (Wildman–Crippen LogP) is 4.92. The van der Waals surface area contributed by atoms with Crippen molar-refractivity contribution in [1.29, 1.82) is 0 Å². The van der Waals surface area contributed by atoms with Gasteiger partial charge in [0.2, 0.25) is 0 Å². The number of rotatable bonds is 7. The first-order valence-corrected chi connectivity index (χ1v) is 10.7. The van der Waals surface area contributed by atoms with Crippen molar-refractivity contribution in [3.63, 3.8) is 0 Å². The lowest BCUT2D eigenvalue weighted by Gasteiger charge is -2.05. The number of carbonyl (C=O) groups is 1. The smallest absolute Gasteiger partial charge is 0.271 e. The van der Waals surface area contributed by atoms with Crippen molar-refractivity contribution >= 4 is 28.6 Å². The summed E-state index contributed by atoms with van der Waals surface area (Å²) in [5.41, 5.74) is 8.44. The van der Waals surface area contributed by atoms with Gasteiger partial charge in [0, 0.05) is 17.5 Å². The second-order valence-corrected chi connectivity index (χ2v) is 8.30. The Hall–Kier alpha value is -2.84. The predicted molar refractivity (Wildman–Crippen MR) is 117 cm³/mol. The average molecular weight is 429 g/mol. The Labute approximate surface area is 176 Å². The highest BCUT2D eigenvalue weighted by atomic mass is 32.1. The number of hydrogen-bond donors (Lipinski definition) is 2. The Bertz CT molecular complexity index is 1050. The molecule has 0 aliphatic rings. The van der Waals surface area contributed by atoms with Crippen LogP contribution in [0.15, 0.2) is 53.6 Å². The van der Waals surface area contributed by atoms with E-state index in [2.05, 4.69) is 15.3 Å². The van der Waals surface area contributed by atoms with Crippen molar-refractivity contribution in [2.24, 2.45) is 5.73 Å². The average Bonchev–Trinajstić information content (AvgIpc) is 3.35. The lowest BCUT2D eigenvalue weighted by atomic mass is 10.1. The monoisotopic (exact) mass is 428 g/mol. The van der Waals surface area contributed by atoms with Crippen molar-refractivity contribution in [1.82, 2.24) is 15.3 Å². The van der Waals surface area contributed by atoms with E-state index in [-0.39, 0.29) is 11.7 Å². The summed E-state index contributed by atoms with van der Waals surface area (Å²) in [5, 5.41) is 6.17. The number of nitrogens with zero attached hydrogens (tertiary/aromatic N) is 2. The van der Waals surface area contributed by atoms with Gasteiger partial charge in [0.15, 0.2) is 0 Å². The quantitative estimate of drug-likeness (QED) is 0.524. The number of nitrogens with one attached hydrogen (secondary N) is 1. The van der Waals surface area contributed by atoms with Gasteiger partial charge in [-0.15, -0.1) is 22.7 Å². The highest BCUT2D eigenvalue weighted by Gasteiger charge is 2.18. The minimum absolute atomic E-state index is 0.253. The van der Waals surface area contributed by atoms with Crippen LogP contribution < -0.4 is 11.1 Å². The van der Waals surface area contributed by atoms with Crippen molar-refractivity contribution in [3.8, 4) is 21.1 Å². The maximum atomic E-state index is 13.3. The number of nitrogens with two attached hydrogens (primary N) is 1. The molecule has 0 saturated heterocycles. The summed E-state index contributed by atoms with van der Waals surface area (Å²) in [6, 6.07) is 6.20. The zero-order chi connectivity index (χ0) is 20.8. The van der Waals surface area contributed by atoms with E-state index in [9.17, 15) is 9.18 Å². The third-order valence-corrected chi connectivity index (χ3v) is 6.08. The molecule has 3 rings (SSSR count). The Balaban J connectivity index is 1.78. The topological polar surface area (TPSA) is 80.9 Å². The van der Waals surface area contributed by atoms with Gasteiger partial charge in [-0.05, 0) is 56.3 Å². The van der Waals surface area contributed by atoms with Crippen LogP contribution in [0.1, 0.15) is 28.8 Å². The van der Waals surface area contributed by atoms with Gasteiger partial charge in [-0.3, -0.25) is 4.79 Å². The fraction of sp³-hybridized carbons (Fsp3) is 0.190. The lowest BCUT2D eigenvalue weighted by Crippen LogP contribution is -2.26. The number of aryl methyl sites for hydroxylation is 1. The Morgan fingerprint density at radius 2 is 2.03 bits per heavy atom. The Kier molecular flexibility index (Phi) is 6.90. The van der Waals surface area contributed by atoms with E-state index in [1.54, 1.807) is 17.5 Å². The summed E-state index contributed by atoms with van der Waals surface area (Å²) < 4.78 is 13.3. The molecule has 2 aromatic heterocycles. The molecule has 0 spiro atoms. The molecule has 1 amide bonds. The minimum Gasteiger partial charge on any atom is -0.405 e. The highest BCUT2D eigenvalue weighted by Crippen LogP contribution is 2.38. The third kappa shape index (κ3) is 5.16. The van der Waals surface area contributed by atoms with E-state index in [0.717, 1.165) is 26.7 Å².